The number of aromatic nitrogens is 5. The van der Waals surface area contributed by atoms with Crippen molar-refractivity contribution in [2.75, 3.05) is 4.90 Å². The maximum atomic E-state index is 4.80. The summed E-state index contributed by atoms with van der Waals surface area (Å²) in [6, 6.07) is 65.1. The van der Waals surface area contributed by atoms with E-state index < -0.39 is 0 Å². The maximum absolute atomic E-state index is 4.80. The molecule has 1 aliphatic rings. The molecule has 6 aromatic carbocycles. The van der Waals surface area contributed by atoms with Crippen LogP contribution in [0, 0.1) is 0 Å². The number of para-hydroxylation sites is 2. The summed E-state index contributed by atoms with van der Waals surface area (Å²) >= 11 is 0. The highest BCUT2D eigenvalue weighted by atomic mass is 15.1. The molecule has 0 spiro atoms. The number of fused-ring (bicyclic) bond motifs is 9. The second-order valence-corrected chi connectivity index (χ2v) is 14.9. The van der Waals surface area contributed by atoms with Crippen LogP contribution in [-0.2, 0) is 0 Å². The van der Waals surface area contributed by atoms with Crippen LogP contribution >= 0.6 is 0 Å². The van der Waals surface area contributed by atoms with Crippen molar-refractivity contribution in [3.8, 4) is 22.6 Å². The van der Waals surface area contributed by atoms with Gasteiger partial charge in [-0.3, -0.25) is 15.0 Å². The molecule has 0 amide bonds. The molecule has 0 aliphatic heterocycles. The second-order valence-electron chi connectivity index (χ2n) is 14.9. The Bertz CT molecular complexity index is 3030. The third-order valence-electron chi connectivity index (χ3n) is 11.7. The van der Waals surface area contributed by atoms with Crippen molar-refractivity contribution in [3.63, 3.8) is 0 Å². The first-order chi connectivity index (χ1) is 28.8. The minimum atomic E-state index is 0.127. The molecule has 0 bridgehead atoms. The highest BCUT2D eigenvalue weighted by Gasteiger charge is 2.30. The minimum Gasteiger partial charge on any atom is -0.311 e. The SMILES string of the molecule is c1ccc2c(c1)-c1ncccc1C2c1ccc(N(c2ccc(-n3c4ccccc4c4ncccc43)cc2)c2ccc(-n3c4ccccc4c4ncccc43)cc2)cc1. The summed E-state index contributed by atoms with van der Waals surface area (Å²) in [6.45, 7) is 0. The summed E-state index contributed by atoms with van der Waals surface area (Å²) < 4.78 is 4.62. The predicted molar refractivity (Wildman–Crippen MR) is 236 cm³/mol. The van der Waals surface area contributed by atoms with Crippen LogP contribution in [0.3, 0.4) is 0 Å². The smallest absolute Gasteiger partial charge is 0.0963 e. The first kappa shape index (κ1) is 32.4. The number of rotatable bonds is 6. The summed E-state index contributed by atoms with van der Waals surface area (Å²) in [5.41, 5.74) is 17.9. The zero-order valence-electron chi connectivity index (χ0n) is 31.3. The van der Waals surface area contributed by atoms with E-state index in [9.17, 15) is 0 Å². The van der Waals surface area contributed by atoms with Crippen molar-refractivity contribution in [1.29, 1.82) is 0 Å². The topological polar surface area (TPSA) is 51.8 Å². The van der Waals surface area contributed by atoms with Gasteiger partial charge in [0.15, 0.2) is 0 Å². The average Bonchev–Trinajstić information content (AvgIpc) is 3.93. The van der Waals surface area contributed by atoms with Crippen LogP contribution in [0.5, 0.6) is 0 Å². The van der Waals surface area contributed by atoms with Gasteiger partial charge in [0.2, 0.25) is 0 Å². The van der Waals surface area contributed by atoms with Gasteiger partial charge in [-0.25, -0.2) is 0 Å². The molecular weight excluding hydrogens is 709 g/mol. The van der Waals surface area contributed by atoms with Crippen LogP contribution in [0.1, 0.15) is 22.6 Å². The van der Waals surface area contributed by atoms with E-state index in [1.807, 2.05) is 36.8 Å². The lowest BCUT2D eigenvalue weighted by molar-refractivity contribution is 1.01. The lowest BCUT2D eigenvalue weighted by Gasteiger charge is -2.27. The normalized spacial score (nSPS) is 13.3. The van der Waals surface area contributed by atoms with Crippen LogP contribution in [0.25, 0.3) is 66.5 Å². The van der Waals surface area contributed by atoms with Gasteiger partial charge in [-0.15, -0.1) is 0 Å². The van der Waals surface area contributed by atoms with Crippen LogP contribution in [-0.4, -0.2) is 24.1 Å². The Morgan fingerprint density at radius 2 is 0.828 bits per heavy atom. The molecule has 272 valence electrons. The molecule has 6 nitrogen and oxygen atoms in total. The first-order valence-electron chi connectivity index (χ1n) is 19.6. The Kier molecular flexibility index (Phi) is 7.19. The molecule has 0 saturated heterocycles. The van der Waals surface area contributed by atoms with E-state index in [4.69, 9.17) is 15.0 Å². The molecule has 11 aromatic rings. The highest BCUT2D eigenvalue weighted by Crippen LogP contribution is 2.47. The molecule has 0 fully saturated rings. The quantitative estimate of drug-likeness (QED) is 0.170. The fourth-order valence-corrected chi connectivity index (χ4v) is 9.25. The summed E-state index contributed by atoms with van der Waals surface area (Å²) in [6.07, 6.45) is 5.64. The van der Waals surface area contributed by atoms with E-state index >= 15 is 0 Å². The fraction of sp³-hybridized carbons (Fsp3) is 0.0192. The highest BCUT2D eigenvalue weighted by molar-refractivity contribution is 6.08. The van der Waals surface area contributed by atoms with Gasteiger partial charge in [-0.1, -0.05) is 78.9 Å². The standard InChI is InChI=1S/C52H34N6/c1-2-11-41-40(10-1)49(44-14-7-31-53-50(41)44)34-19-21-35(22-20-34)56(36-23-27-38(28-24-36)57-45-15-5-3-12-42(45)51-47(57)17-8-32-54-51)37-25-29-39(30-26-37)58-46-16-6-4-13-43(46)52-48(58)18-9-33-55-52/h1-33,49H. The Hall–Kier alpha value is -7.83. The number of hydrogen-bond donors (Lipinski definition) is 0. The molecule has 12 rings (SSSR count). The van der Waals surface area contributed by atoms with Gasteiger partial charge in [-0.05, 0) is 120 Å². The molecule has 0 radical (unpaired) electrons. The molecule has 1 atom stereocenters. The number of pyridine rings is 3. The van der Waals surface area contributed by atoms with Gasteiger partial charge in [-0.2, -0.15) is 0 Å². The minimum absolute atomic E-state index is 0.127. The number of hydrogen-bond acceptors (Lipinski definition) is 4. The van der Waals surface area contributed by atoms with Crippen LogP contribution in [0.2, 0.25) is 0 Å². The molecule has 58 heavy (non-hydrogen) atoms. The molecule has 6 heteroatoms. The Morgan fingerprint density at radius 1 is 0.379 bits per heavy atom. The molecule has 5 heterocycles. The average molecular weight is 743 g/mol. The van der Waals surface area contributed by atoms with E-state index in [2.05, 4.69) is 178 Å². The number of nitrogens with zero attached hydrogens (tertiary/aromatic N) is 6. The predicted octanol–water partition coefficient (Wildman–Crippen LogP) is 12.7. The number of anilines is 3. The van der Waals surface area contributed by atoms with Gasteiger partial charge in [0.1, 0.15) is 0 Å². The van der Waals surface area contributed by atoms with Crippen molar-refractivity contribution < 1.29 is 0 Å². The molecule has 5 aromatic heterocycles. The zero-order chi connectivity index (χ0) is 38.2. The maximum Gasteiger partial charge on any atom is 0.0963 e. The molecule has 0 saturated carbocycles. The van der Waals surface area contributed by atoms with Gasteiger partial charge in [0.25, 0.3) is 0 Å². The third-order valence-corrected chi connectivity index (χ3v) is 11.7. The van der Waals surface area contributed by atoms with Gasteiger partial charge in [0.05, 0.1) is 38.8 Å². The summed E-state index contributed by atoms with van der Waals surface area (Å²) in [5.74, 6) is 0.127. The van der Waals surface area contributed by atoms with Crippen LogP contribution < -0.4 is 4.90 Å². The Balaban J connectivity index is 0.980. The molecule has 1 unspecified atom stereocenters. The number of benzene rings is 6. The Morgan fingerprint density at radius 3 is 1.41 bits per heavy atom. The van der Waals surface area contributed by atoms with E-state index in [0.717, 1.165) is 78.0 Å². The lowest BCUT2D eigenvalue weighted by Crippen LogP contribution is -2.11. The van der Waals surface area contributed by atoms with Crippen LogP contribution in [0.4, 0.5) is 17.1 Å². The van der Waals surface area contributed by atoms with Crippen molar-refractivity contribution in [3.05, 3.63) is 217 Å². The van der Waals surface area contributed by atoms with Crippen molar-refractivity contribution >= 4 is 60.9 Å². The van der Waals surface area contributed by atoms with E-state index in [-0.39, 0.29) is 5.92 Å². The molecular formula is C52H34N6. The Labute approximate surface area is 334 Å². The summed E-state index contributed by atoms with van der Waals surface area (Å²) in [7, 11) is 0. The van der Waals surface area contributed by atoms with Crippen LogP contribution in [0.15, 0.2) is 201 Å². The van der Waals surface area contributed by atoms with Crippen molar-refractivity contribution in [1.82, 2.24) is 24.1 Å². The molecule has 0 N–H and O–H groups in total. The lowest BCUT2D eigenvalue weighted by atomic mass is 9.89. The van der Waals surface area contributed by atoms with Crippen molar-refractivity contribution in [2.24, 2.45) is 0 Å². The van der Waals surface area contributed by atoms with E-state index in [1.54, 1.807) is 0 Å². The van der Waals surface area contributed by atoms with E-state index in [1.165, 1.54) is 22.3 Å². The van der Waals surface area contributed by atoms with Crippen molar-refractivity contribution in [2.45, 2.75) is 5.92 Å². The second kappa shape index (κ2) is 12.9. The summed E-state index contributed by atoms with van der Waals surface area (Å²) in [4.78, 5) is 16.7. The third kappa shape index (κ3) is 4.88. The van der Waals surface area contributed by atoms with Gasteiger partial charge in [0, 0.05) is 69.3 Å². The largest absolute Gasteiger partial charge is 0.311 e. The van der Waals surface area contributed by atoms with E-state index in [0.29, 0.717) is 0 Å². The van der Waals surface area contributed by atoms with Gasteiger partial charge >= 0.3 is 0 Å². The first-order valence-corrected chi connectivity index (χ1v) is 19.6. The summed E-state index contributed by atoms with van der Waals surface area (Å²) in [5, 5.41) is 2.29. The molecule has 1 aliphatic carbocycles. The monoisotopic (exact) mass is 742 g/mol. The fourth-order valence-electron chi connectivity index (χ4n) is 9.25. The van der Waals surface area contributed by atoms with Gasteiger partial charge < -0.3 is 14.0 Å². The zero-order valence-corrected chi connectivity index (χ0v) is 31.3.